The molecule has 2 aromatic rings. The molecule has 1 aliphatic rings. The van der Waals surface area contributed by atoms with Crippen LogP contribution in [0.5, 0.6) is 0 Å². The first-order valence-corrected chi connectivity index (χ1v) is 9.52. The summed E-state index contributed by atoms with van der Waals surface area (Å²) in [7, 11) is 0. The number of rotatable bonds is 3. The lowest BCUT2D eigenvalue weighted by molar-refractivity contribution is -0.119. The van der Waals surface area contributed by atoms with Crippen LogP contribution in [0.4, 0.5) is 5.13 Å². The largest absolute Gasteiger partial charge is 0.316 e. The van der Waals surface area contributed by atoms with Gasteiger partial charge >= 0.3 is 0 Å². The van der Waals surface area contributed by atoms with Gasteiger partial charge in [-0.1, -0.05) is 0 Å². The second-order valence-corrected chi connectivity index (χ2v) is 8.49. The van der Waals surface area contributed by atoms with Crippen LogP contribution in [-0.4, -0.2) is 39.4 Å². The molecule has 0 aliphatic carbocycles. The van der Waals surface area contributed by atoms with Crippen LogP contribution in [0.2, 0.25) is 0 Å². The predicted octanol–water partition coefficient (Wildman–Crippen LogP) is 2.98. The fourth-order valence-electron chi connectivity index (χ4n) is 2.15. The lowest BCUT2D eigenvalue weighted by Gasteiger charge is -2.21. The molecule has 0 spiro atoms. The standard InChI is InChI=1S/C14H15N3O2S3/c1-8-3-4-11(21-8)13(19)17-7-20-6-10(17)12(18)16-14-15-5-9(2)22-14/h3-5,10H,6-7H2,1-2H3,(H,15,16,18). The number of carbonyl (C=O) groups is 2. The van der Waals surface area contributed by atoms with Crippen molar-refractivity contribution in [1.82, 2.24) is 9.88 Å². The second kappa shape index (κ2) is 6.39. The first-order chi connectivity index (χ1) is 10.5. The fraction of sp³-hybridized carbons (Fsp3) is 0.357. The Bertz CT molecular complexity index is 710. The van der Waals surface area contributed by atoms with Crippen LogP contribution >= 0.6 is 34.4 Å². The lowest BCUT2D eigenvalue weighted by Crippen LogP contribution is -2.44. The van der Waals surface area contributed by atoms with Crippen LogP contribution < -0.4 is 5.32 Å². The third-order valence-electron chi connectivity index (χ3n) is 3.25. The van der Waals surface area contributed by atoms with Gasteiger partial charge in [0.1, 0.15) is 6.04 Å². The topological polar surface area (TPSA) is 62.3 Å². The van der Waals surface area contributed by atoms with E-state index in [2.05, 4.69) is 10.3 Å². The molecule has 8 heteroatoms. The Balaban J connectivity index is 1.72. The number of amides is 2. The molecular formula is C14H15N3O2S3. The molecule has 0 aromatic carbocycles. The summed E-state index contributed by atoms with van der Waals surface area (Å²) in [4.78, 5) is 33.6. The molecule has 1 saturated heterocycles. The molecule has 22 heavy (non-hydrogen) atoms. The van der Waals surface area contributed by atoms with Crippen LogP contribution in [0, 0.1) is 13.8 Å². The van der Waals surface area contributed by atoms with Gasteiger partial charge in [0.25, 0.3) is 5.91 Å². The van der Waals surface area contributed by atoms with Crippen LogP contribution in [0.15, 0.2) is 18.3 Å². The van der Waals surface area contributed by atoms with Gasteiger partial charge in [0, 0.05) is 21.7 Å². The summed E-state index contributed by atoms with van der Waals surface area (Å²) in [5, 5.41) is 3.39. The summed E-state index contributed by atoms with van der Waals surface area (Å²) in [6.07, 6.45) is 1.72. The van der Waals surface area contributed by atoms with Gasteiger partial charge in [0.05, 0.1) is 10.8 Å². The van der Waals surface area contributed by atoms with Crippen molar-refractivity contribution < 1.29 is 9.59 Å². The zero-order valence-corrected chi connectivity index (χ0v) is 14.6. The fourth-order valence-corrected chi connectivity index (χ4v) is 4.80. The Hall–Kier alpha value is -1.38. The number of thiophene rings is 1. The Morgan fingerprint density at radius 3 is 2.73 bits per heavy atom. The van der Waals surface area contributed by atoms with E-state index in [1.165, 1.54) is 22.7 Å². The van der Waals surface area contributed by atoms with E-state index in [1.54, 1.807) is 22.9 Å². The Labute approximate surface area is 140 Å². The summed E-state index contributed by atoms with van der Waals surface area (Å²) < 4.78 is 0. The maximum Gasteiger partial charge on any atom is 0.265 e. The molecule has 1 fully saturated rings. The molecule has 3 rings (SSSR count). The molecule has 2 amide bonds. The van der Waals surface area contributed by atoms with Gasteiger partial charge in [-0.15, -0.1) is 34.4 Å². The van der Waals surface area contributed by atoms with Gasteiger partial charge in [-0.05, 0) is 26.0 Å². The van der Waals surface area contributed by atoms with Crippen LogP contribution in [0.25, 0.3) is 0 Å². The summed E-state index contributed by atoms with van der Waals surface area (Å²) in [5.74, 6) is 0.927. The average Bonchev–Trinajstić information content (AvgIpc) is 3.19. The molecule has 3 heterocycles. The number of aromatic nitrogens is 1. The number of anilines is 1. The maximum absolute atomic E-state index is 12.6. The van der Waals surface area contributed by atoms with Crippen LogP contribution in [0.1, 0.15) is 19.4 Å². The van der Waals surface area contributed by atoms with E-state index < -0.39 is 6.04 Å². The molecule has 1 aliphatic heterocycles. The van der Waals surface area contributed by atoms with Gasteiger partial charge in [-0.3, -0.25) is 9.59 Å². The lowest BCUT2D eigenvalue weighted by atomic mass is 10.2. The molecule has 0 saturated carbocycles. The Morgan fingerprint density at radius 2 is 2.09 bits per heavy atom. The van der Waals surface area contributed by atoms with E-state index in [1.807, 2.05) is 26.0 Å². The number of aryl methyl sites for hydroxylation is 2. The molecule has 0 radical (unpaired) electrons. The van der Waals surface area contributed by atoms with Crippen molar-refractivity contribution >= 4 is 51.4 Å². The highest BCUT2D eigenvalue weighted by atomic mass is 32.2. The van der Waals surface area contributed by atoms with E-state index in [9.17, 15) is 9.59 Å². The van der Waals surface area contributed by atoms with Gasteiger partial charge < -0.3 is 10.2 Å². The second-order valence-electron chi connectivity index (χ2n) is 4.97. The smallest absolute Gasteiger partial charge is 0.265 e. The molecule has 0 bridgehead atoms. The molecule has 2 aromatic heterocycles. The third-order valence-corrected chi connectivity index (χ3v) is 6.08. The number of hydrogen-bond donors (Lipinski definition) is 1. The quantitative estimate of drug-likeness (QED) is 0.921. The molecule has 1 N–H and O–H groups in total. The van der Waals surface area contributed by atoms with Gasteiger partial charge in [0.15, 0.2) is 5.13 Å². The number of hydrogen-bond acceptors (Lipinski definition) is 6. The van der Waals surface area contributed by atoms with Gasteiger partial charge in [-0.2, -0.15) is 0 Å². The summed E-state index contributed by atoms with van der Waals surface area (Å²) in [6, 6.07) is 3.31. The van der Waals surface area contributed by atoms with E-state index in [4.69, 9.17) is 0 Å². The minimum absolute atomic E-state index is 0.0708. The number of nitrogens with zero attached hydrogens (tertiary/aromatic N) is 2. The van der Waals surface area contributed by atoms with Crippen molar-refractivity contribution in [3.05, 3.63) is 33.0 Å². The molecule has 1 unspecified atom stereocenters. The third kappa shape index (κ3) is 3.18. The number of nitrogens with one attached hydrogen (secondary N) is 1. The van der Waals surface area contributed by atoms with E-state index in [-0.39, 0.29) is 11.8 Å². The number of thiazole rings is 1. The molecular weight excluding hydrogens is 338 g/mol. The van der Waals surface area contributed by atoms with Crippen molar-refractivity contribution in [2.45, 2.75) is 19.9 Å². The first kappa shape index (κ1) is 15.5. The zero-order chi connectivity index (χ0) is 15.7. The monoisotopic (exact) mass is 353 g/mol. The normalized spacial score (nSPS) is 17.7. The van der Waals surface area contributed by atoms with E-state index in [0.717, 1.165) is 9.75 Å². The molecule has 1 atom stereocenters. The van der Waals surface area contributed by atoms with E-state index >= 15 is 0 Å². The molecule has 5 nitrogen and oxygen atoms in total. The van der Waals surface area contributed by atoms with Crippen molar-refractivity contribution in [1.29, 1.82) is 0 Å². The highest BCUT2D eigenvalue weighted by Crippen LogP contribution is 2.27. The highest BCUT2D eigenvalue weighted by molar-refractivity contribution is 7.99. The predicted molar refractivity (Wildman–Crippen MR) is 91.8 cm³/mol. The van der Waals surface area contributed by atoms with Crippen LogP contribution in [0.3, 0.4) is 0 Å². The van der Waals surface area contributed by atoms with E-state index in [0.29, 0.717) is 21.6 Å². The average molecular weight is 353 g/mol. The SMILES string of the molecule is Cc1ccc(C(=O)N2CSCC2C(=O)Nc2ncc(C)s2)s1. The van der Waals surface area contributed by atoms with Gasteiger partial charge in [0.2, 0.25) is 5.91 Å². The highest BCUT2D eigenvalue weighted by Gasteiger charge is 2.35. The van der Waals surface area contributed by atoms with Crippen molar-refractivity contribution in [2.24, 2.45) is 0 Å². The summed E-state index contributed by atoms with van der Waals surface area (Å²) in [5.41, 5.74) is 0. The summed E-state index contributed by atoms with van der Waals surface area (Å²) >= 11 is 4.49. The van der Waals surface area contributed by atoms with Crippen molar-refractivity contribution in [3.8, 4) is 0 Å². The van der Waals surface area contributed by atoms with Crippen LogP contribution in [-0.2, 0) is 4.79 Å². The minimum atomic E-state index is -0.441. The number of carbonyl (C=O) groups excluding carboxylic acids is 2. The maximum atomic E-state index is 12.6. The Morgan fingerprint density at radius 1 is 1.27 bits per heavy atom. The van der Waals surface area contributed by atoms with Crippen molar-refractivity contribution in [3.63, 3.8) is 0 Å². The molecule has 116 valence electrons. The Kier molecular flexibility index (Phi) is 4.51. The minimum Gasteiger partial charge on any atom is -0.316 e. The van der Waals surface area contributed by atoms with Gasteiger partial charge in [-0.25, -0.2) is 4.98 Å². The first-order valence-electron chi connectivity index (χ1n) is 6.73. The number of thioether (sulfide) groups is 1. The zero-order valence-electron chi connectivity index (χ0n) is 12.2. The summed E-state index contributed by atoms with van der Waals surface area (Å²) in [6.45, 7) is 3.91. The van der Waals surface area contributed by atoms with Crippen molar-refractivity contribution in [2.75, 3.05) is 16.9 Å².